The van der Waals surface area contributed by atoms with Gasteiger partial charge >= 0.3 is 11.9 Å². The van der Waals surface area contributed by atoms with Gasteiger partial charge in [0.1, 0.15) is 6.10 Å². The number of carbonyl (C=O) groups excluding carboxylic acids is 2. The van der Waals surface area contributed by atoms with Crippen molar-refractivity contribution in [2.45, 2.75) is 143 Å². The zero-order valence-electron chi connectivity index (χ0n) is 21.7. The van der Waals surface area contributed by atoms with Crippen LogP contribution in [-0.4, -0.2) is 24.6 Å². The van der Waals surface area contributed by atoms with Crippen molar-refractivity contribution in [3.8, 4) is 0 Å². The van der Waals surface area contributed by atoms with Crippen molar-refractivity contribution in [3.05, 3.63) is 12.2 Å². The highest BCUT2D eigenvalue weighted by molar-refractivity contribution is 5.91. The lowest BCUT2D eigenvalue weighted by molar-refractivity contribution is -0.145. The van der Waals surface area contributed by atoms with Crippen LogP contribution in [0.4, 0.5) is 0 Å². The summed E-state index contributed by atoms with van der Waals surface area (Å²) in [6.45, 7) is 8.49. The maximum Gasteiger partial charge on any atom is 0.331 e. The first-order valence-corrected chi connectivity index (χ1v) is 13.5. The Hall–Kier alpha value is -1.32. The summed E-state index contributed by atoms with van der Waals surface area (Å²) in [5, 5.41) is 0. The lowest BCUT2D eigenvalue weighted by atomic mass is 10.0. The average Bonchev–Trinajstić information content (AvgIpc) is 2.76. The fourth-order valence-corrected chi connectivity index (χ4v) is 3.54. The molecule has 4 heteroatoms. The Labute approximate surface area is 198 Å². The van der Waals surface area contributed by atoms with Gasteiger partial charge in [-0.1, -0.05) is 124 Å². The minimum absolute atomic E-state index is 0.168. The van der Waals surface area contributed by atoms with Gasteiger partial charge in [0, 0.05) is 12.2 Å². The molecule has 0 aromatic carbocycles. The van der Waals surface area contributed by atoms with Gasteiger partial charge in [0.25, 0.3) is 0 Å². The Kier molecular flexibility index (Phi) is 21.9. The predicted molar refractivity (Wildman–Crippen MR) is 135 cm³/mol. The van der Waals surface area contributed by atoms with Crippen molar-refractivity contribution < 1.29 is 19.1 Å². The quantitative estimate of drug-likeness (QED) is 0.0941. The van der Waals surface area contributed by atoms with Gasteiger partial charge in [0.2, 0.25) is 0 Å². The largest absolute Gasteiger partial charge is 0.463 e. The molecule has 0 aliphatic carbocycles. The van der Waals surface area contributed by atoms with Gasteiger partial charge in [0.05, 0.1) is 6.61 Å². The Morgan fingerprint density at radius 3 is 1.38 bits per heavy atom. The standard InChI is InChI=1S/C28H52O4/c1-5-6-7-8-9-10-11-12-13-14-15-16-17-18-19-20-21-24-31-27(29)22-23-28(30)32-26(4)25(2)3/h22-23,25-26H,5-21,24H2,1-4H3/b23-22+. The highest BCUT2D eigenvalue weighted by Crippen LogP contribution is 2.14. The molecule has 0 saturated heterocycles. The second-order valence-electron chi connectivity index (χ2n) is 9.54. The number of carbonyl (C=O) groups is 2. The zero-order chi connectivity index (χ0) is 23.9. The van der Waals surface area contributed by atoms with E-state index in [1.165, 1.54) is 96.3 Å². The number of unbranched alkanes of at least 4 members (excludes halogenated alkanes) is 16. The van der Waals surface area contributed by atoms with Crippen molar-refractivity contribution in [3.63, 3.8) is 0 Å². The van der Waals surface area contributed by atoms with E-state index in [9.17, 15) is 9.59 Å². The summed E-state index contributed by atoms with van der Waals surface area (Å²) >= 11 is 0. The molecule has 0 N–H and O–H groups in total. The molecule has 32 heavy (non-hydrogen) atoms. The molecule has 0 amide bonds. The molecule has 0 fully saturated rings. The van der Waals surface area contributed by atoms with E-state index in [0.29, 0.717) is 6.61 Å². The lowest BCUT2D eigenvalue weighted by Gasteiger charge is -2.14. The molecule has 0 aromatic rings. The van der Waals surface area contributed by atoms with Gasteiger partial charge in [-0.2, -0.15) is 0 Å². The Balaban J connectivity index is 3.34. The van der Waals surface area contributed by atoms with Crippen molar-refractivity contribution in [1.29, 1.82) is 0 Å². The molecule has 1 unspecified atom stereocenters. The Morgan fingerprint density at radius 1 is 0.594 bits per heavy atom. The second-order valence-corrected chi connectivity index (χ2v) is 9.54. The number of ether oxygens (including phenoxy) is 2. The highest BCUT2D eigenvalue weighted by Gasteiger charge is 2.11. The first-order valence-electron chi connectivity index (χ1n) is 13.5. The first-order chi connectivity index (χ1) is 15.5. The molecule has 0 spiro atoms. The number of rotatable bonds is 22. The van der Waals surface area contributed by atoms with Crippen molar-refractivity contribution >= 4 is 11.9 Å². The lowest BCUT2D eigenvalue weighted by Crippen LogP contribution is -2.19. The maximum absolute atomic E-state index is 11.6. The fourth-order valence-electron chi connectivity index (χ4n) is 3.54. The van der Waals surface area contributed by atoms with Crippen molar-refractivity contribution in [2.24, 2.45) is 5.92 Å². The molecule has 0 aliphatic rings. The van der Waals surface area contributed by atoms with E-state index >= 15 is 0 Å². The monoisotopic (exact) mass is 452 g/mol. The molecule has 188 valence electrons. The van der Waals surface area contributed by atoms with E-state index in [0.717, 1.165) is 25.0 Å². The molecule has 0 saturated carbocycles. The van der Waals surface area contributed by atoms with Crippen LogP contribution in [0.15, 0.2) is 12.2 Å². The summed E-state index contributed by atoms with van der Waals surface area (Å²) in [5.41, 5.74) is 0. The minimum atomic E-state index is -0.499. The highest BCUT2D eigenvalue weighted by atomic mass is 16.5. The average molecular weight is 453 g/mol. The molecule has 1 atom stereocenters. The topological polar surface area (TPSA) is 52.6 Å². The maximum atomic E-state index is 11.6. The third kappa shape index (κ3) is 21.9. The summed E-state index contributed by atoms with van der Waals surface area (Å²) in [6.07, 6.45) is 24.7. The molecule has 0 radical (unpaired) electrons. The van der Waals surface area contributed by atoms with E-state index in [4.69, 9.17) is 9.47 Å². The van der Waals surface area contributed by atoms with Crippen LogP contribution in [0.25, 0.3) is 0 Å². The van der Waals surface area contributed by atoms with Gasteiger partial charge < -0.3 is 9.47 Å². The zero-order valence-corrected chi connectivity index (χ0v) is 21.7. The molecule has 0 heterocycles. The Morgan fingerprint density at radius 2 is 0.969 bits per heavy atom. The first kappa shape index (κ1) is 30.7. The molecular formula is C28H52O4. The summed E-state index contributed by atoms with van der Waals surface area (Å²) in [7, 11) is 0. The van der Waals surface area contributed by atoms with Crippen LogP contribution in [0.1, 0.15) is 137 Å². The van der Waals surface area contributed by atoms with E-state index in [1.54, 1.807) is 0 Å². The van der Waals surface area contributed by atoms with Crippen LogP contribution >= 0.6 is 0 Å². The molecule has 0 aliphatic heterocycles. The van der Waals surface area contributed by atoms with Crippen LogP contribution in [0.5, 0.6) is 0 Å². The Bertz CT molecular complexity index is 470. The van der Waals surface area contributed by atoms with Crippen LogP contribution < -0.4 is 0 Å². The second kappa shape index (κ2) is 22.9. The van der Waals surface area contributed by atoms with E-state index in [-0.39, 0.29) is 12.0 Å². The summed E-state index contributed by atoms with van der Waals surface area (Å²) in [5.74, 6) is -0.726. The normalized spacial score (nSPS) is 12.4. The van der Waals surface area contributed by atoms with Crippen LogP contribution in [-0.2, 0) is 19.1 Å². The van der Waals surface area contributed by atoms with Gasteiger partial charge in [-0.25, -0.2) is 9.59 Å². The van der Waals surface area contributed by atoms with Crippen LogP contribution in [0.2, 0.25) is 0 Å². The minimum Gasteiger partial charge on any atom is -0.463 e. The molecule has 0 aromatic heterocycles. The van der Waals surface area contributed by atoms with Gasteiger partial charge in [0.15, 0.2) is 0 Å². The van der Waals surface area contributed by atoms with Crippen molar-refractivity contribution in [2.75, 3.05) is 6.61 Å². The van der Waals surface area contributed by atoms with E-state index < -0.39 is 11.9 Å². The number of hydrogen-bond acceptors (Lipinski definition) is 4. The molecule has 4 nitrogen and oxygen atoms in total. The summed E-state index contributed by atoms with van der Waals surface area (Å²) < 4.78 is 10.3. The summed E-state index contributed by atoms with van der Waals surface area (Å²) in [4.78, 5) is 23.2. The van der Waals surface area contributed by atoms with Gasteiger partial charge in [-0.15, -0.1) is 0 Å². The van der Waals surface area contributed by atoms with Gasteiger partial charge in [-0.05, 0) is 19.3 Å². The third-order valence-electron chi connectivity index (χ3n) is 6.09. The van der Waals surface area contributed by atoms with Crippen molar-refractivity contribution in [1.82, 2.24) is 0 Å². The van der Waals surface area contributed by atoms with Crippen LogP contribution in [0.3, 0.4) is 0 Å². The van der Waals surface area contributed by atoms with Crippen LogP contribution in [0, 0.1) is 5.92 Å². The predicted octanol–water partition coefficient (Wildman–Crippen LogP) is 8.33. The SMILES string of the molecule is CCCCCCCCCCCCCCCCCCCOC(=O)/C=C/C(=O)OC(C)C(C)C. The number of hydrogen-bond donors (Lipinski definition) is 0. The smallest absolute Gasteiger partial charge is 0.331 e. The summed E-state index contributed by atoms with van der Waals surface area (Å²) in [6, 6.07) is 0. The molecule has 0 bridgehead atoms. The molecule has 0 rings (SSSR count). The van der Waals surface area contributed by atoms with E-state index in [2.05, 4.69) is 6.92 Å². The third-order valence-corrected chi connectivity index (χ3v) is 6.09. The number of esters is 2. The fraction of sp³-hybridized carbons (Fsp3) is 0.857. The van der Waals surface area contributed by atoms with E-state index in [1.807, 2.05) is 20.8 Å². The van der Waals surface area contributed by atoms with Gasteiger partial charge in [-0.3, -0.25) is 0 Å². The molecular weight excluding hydrogens is 400 g/mol.